The number of nitrogens with one attached hydrogen (secondary N) is 2. The molecule has 2 amide bonds. The van der Waals surface area contributed by atoms with Gasteiger partial charge in [-0.25, -0.2) is 17.7 Å². The minimum absolute atomic E-state index is 0.0176. The van der Waals surface area contributed by atoms with Gasteiger partial charge in [0.2, 0.25) is 21.8 Å². The van der Waals surface area contributed by atoms with Crippen molar-refractivity contribution >= 4 is 21.8 Å². The molecule has 4 aliphatic heterocycles. The second-order valence-electron chi connectivity index (χ2n) is 12.7. The van der Waals surface area contributed by atoms with Crippen LogP contribution in [-0.4, -0.2) is 90.5 Å². The van der Waals surface area contributed by atoms with Crippen molar-refractivity contribution in [3.63, 3.8) is 0 Å². The van der Waals surface area contributed by atoms with E-state index in [0.29, 0.717) is 43.7 Å². The third kappa shape index (κ3) is 6.08. The molecule has 0 aromatic rings. The average Bonchev–Trinajstić information content (AvgIpc) is 3.05. The Kier molecular flexibility index (Phi) is 9.02. The summed E-state index contributed by atoms with van der Waals surface area (Å²) >= 11 is 0. The van der Waals surface area contributed by atoms with E-state index in [4.69, 9.17) is 0 Å². The van der Waals surface area contributed by atoms with Gasteiger partial charge in [-0.2, -0.15) is 0 Å². The van der Waals surface area contributed by atoms with Gasteiger partial charge in [0.05, 0.1) is 11.2 Å². The van der Waals surface area contributed by atoms with Gasteiger partial charge in [0, 0.05) is 57.8 Å². The zero-order valence-electron chi connectivity index (χ0n) is 23.4. The molecule has 9 nitrogen and oxygen atoms in total. The molecule has 216 valence electrons. The number of piperidine rings is 2. The fraction of sp³-hybridized carbons (Fsp3) is 0.929. The van der Waals surface area contributed by atoms with E-state index in [1.54, 1.807) is 4.31 Å². The highest BCUT2D eigenvalue weighted by Crippen LogP contribution is 2.41. The van der Waals surface area contributed by atoms with Crippen LogP contribution in [0, 0.1) is 17.8 Å². The van der Waals surface area contributed by atoms with Crippen LogP contribution in [-0.2, 0) is 19.6 Å². The van der Waals surface area contributed by atoms with Crippen LogP contribution in [0.3, 0.4) is 0 Å². The summed E-state index contributed by atoms with van der Waals surface area (Å²) in [5, 5.41) is 4.98. The SMILES string of the molecule is CC(=O)NC1CCC(S(=O)(=O)N2CCC(C3CCN4NC(C)C(C(=O)N5CCCCCC5)C4C3)CC2)CC1. The monoisotopic (exact) mass is 551 g/mol. The molecule has 0 spiro atoms. The predicted molar refractivity (Wildman–Crippen MR) is 147 cm³/mol. The number of hydrazine groups is 1. The number of nitrogens with zero attached hydrogens (tertiary/aromatic N) is 3. The highest BCUT2D eigenvalue weighted by molar-refractivity contribution is 7.89. The number of amides is 2. The van der Waals surface area contributed by atoms with Crippen LogP contribution in [0.15, 0.2) is 0 Å². The van der Waals surface area contributed by atoms with Gasteiger partial charge in [0.15, 0.2) is 0 Å². The quantitative estimate of drug-likeness (QED) is 0.544. The first-order valence-corrected chi connectivity index (χ1v) is 16.8. The van der Waals surface area contributed by atoms with Crippen LogP contribution in [0.25, 0.3) is 0 Å². The van der Waals surface area contributed by atoms with E-state index in [0.717, 1.165) is 71.0 Å². The summed E-state index contributed by atoms with van der Waals surface area (Å²) < 4.78 is 28.6. The molecule has 1 aliphatic carbocycles. The standard InChI is InChI=1S/C28H49N5O4S/c1-20-27(28(35)31-14-5-3-4-6-15-31)26-19-23(13-18-33(26)30-20)22-11-16-32(17-12-22)38(36,37)25-9-7-24(8-10-25)29-21(2)34/h20,22-27,30H,3-19H2,1-2H3,(H,29,34). The summed E-state index contributed by atoms with van der Waals surface area (Å²) in [7, 11) is -3.30. The van der Waals surface area contributed by atoms with Crippen LogP contribution < -0.4 is 10.7 Å². The van der Waals surface area contributed by atoms with E-state index >= 15 is 0 Å². The molecule has 0 radical (unpaired) electrons. The lowest BCUT2D eigenvalue weighted by molar-refractivity contribution is -0.137. The third-order valence-corrected chi connectivity index (χ3v) is 12.6. The second-order valence-corrected chi connectivity index (χ2v) is 14.9. The Hall–Kier alpha value is -1.23. The van der Waals surface area contributed by atoms with Crippen molar-refractivity contribution in [1.29, 1.82) is 0 Å². The maximum absolute atomic E-state index is 13.6. The van der Waals surface area contributed by atoms with Crippen LogP contribution in [0.2, 0.25) is 0 Å². The summed E-state index contributed by atoms with van der Waals surface area (Å²) in [5.74, 6) is 1.41. The molecule has 2 N–H and O–H groups in total. The number of likely N-dealkylation sites (tertiary alicyclic amines) is 1. The van der Waals surface area contributed by atoms with Gasteiger partial charge in [0.25, 0.3) is 0 Å². The minimum Gasteiger partial charge on any atom is -0.354 e. The van der Waals surface area contributed by atoms with Gasteiger partial charge in [-0.3, -0.25) is 15.0 Å². The Morgan fingerprint density at radius 1 is 0.816 bits per heavy atom. The summed E-state index contributed by atoms with van der Waals surface area (Å²) in [6.45, 7) is 7.71. The highest BCUT2D eigenvalue weighted by Gasteiger charge is 2.49. The van der Waals surface area contributed by atoms with Gasteiger partial charge >= 0.3 is 0 Å². The Morgan fingerprint density at radius 2 is 1.45 bits per heavy atom. The van der Waals surface area contributed by atoms with Crippen molar-refractivity contribution in [1.82, 2.24) is 25.0 Å². The number of hydrogen-bond acceptors (Lipinski definition) is 6. The fourth-order valence-electron chi connectivity index (χ4n) is 8.12. The third-order valence-electron chi connectivity index (χ3n) is 10.2. The van der Waals surface area contributed by atoms with E-state index in [1.165, 1.54) is 19.8 Å². The lowest BCUT2D eigenvalue weighted by atomic mass is 9.74. The Morgan fingerprint density at radius 3 is 2.08 bits per heavy atom. The Balaban J connectivity index is 1.15. The lowest BCUT2D eigenvalue weighted by Crippen LogP contribution is -2.50. The number of carbonyl (C=O) groups excluding carboxylic acids is 2. The topological polar surface area (TPSA) is 102 Å². The van der Waals surface area contributed by atoms with E-state index in [9.17, 15) is 18.0 Å². The maximum Gasteiger partial charge on any atom is 0.228 e. The summed E-state index contributed by atoms with van der Waals surface area (Å²) in [5.41, 5.74) is 3.62. The van der Waals surface area contributed by atoms with Crippen molar-refractivity contribution in [3.05, 3.63) is 0 Å². The van der Waals surface area contributed by atoms with Crippen molar-refractivity contribution < 1.29 is 18.0 Å². The number of sulfonamides is 1. The van der Waals surface area contributed by atoms with Crippen LogP contribution in [0.5, 0.6) is 0 Å². The fourth-order valence-corrected chi connectivity index (χ4v) is 10.1. The van der Waals surface area contributed by atoms with E-state index in [1.807, 2.05) is 0 Å². The molecular weight excluding hydrogens is 502 g/mol. The predicted octanol–water partition coefficient (Wildman–Crippen LogP) is 2.48. The summed E-state index contributed by atoms with van der Waals surface area (Å²) in [4.78, 5) is 27.1. The average molecular weight is 552 g/mol. The van der Waals surface area contributed by atoms with Crippen LogP contribution >= 0.6 is 0 Å². The number of fused-ring (bicyclic) bond motifs is 1. The van der Waals surface area contributed by atoms with Crippen molar-refractivity contribution in [3.8, 4) is 0 Å². The maximum atomic E-state index is 13.6. The minimum atomic E-state index is -3.30. The van der Waals surface area contributed by atoms with Gasteiger partial charge in [0.1, 0.15) is 0 Å². The zero-order valence-corrected chi connectivity index (χ0v) is 24.3. The van der Waals surface area contributed by atoms with E-state index in [2.05, 4.69) is 27.6 Å². The molecule has 0 bridgehead atoms. The first-order chi connectivity index (χ1) is 18.2. The van der Waals surface area contributed by atoms with Crippen molar-refractivity contribution in [2.75, 3.05) is 32.7 Å². The second kappa shape index (κ2) is 12.1. The van der Waals surface area contributed by atoms with E-state index in [-0.39, 0.29) is 35.2 Å². The van der Waals surface area contributed by atoms with Crippen LogP contribution in [0.1, 0.15) is 90.9 Å². The van der Waals surface area contributed by atoms with Gasteiger partial charge < -0.3 is 10.2 Å². The lowest BCUT2D eigenvalue weighted by Gasteiger charge is -2.43. The number of rotatable bonds is 5. The zero-order chi connectivity index (χ0) is 26.9. The smallest absolute Gasteiger partial charge is 0.228 e. The molecule has 4 unspecified atom stereocenters. The molecule has 5 aliphatic rings. The molecule has 1 saturated carbocycles. The molecule has 5 fully saturated rings. The molecule has 0 aromatic heterocycles. The van der Waals surface area contributed by atoms with Gasteiger partial charge in [-0.1, -0.05) is 12.8 Å². The molecule has 38 heavy (non-hydrogen) atoms. The molecule has 10 heteroatoms. The number of carbonyl (C=O) groups is 2. The normalized spacial score (nSPS) is 36.4. The number of hydrogen-bond donors (Lipinski definition) is 2. The van der Waals surface area contributed by atoms with Crippen molar-refractivity contribution in [2.45, 2.75) is 114 Å². The molecule has 0 aromatic carbocycles. The molecular formula is C28H49N5O4S. The summed E-state index contributed by atoms with van der Waals surface area (Å²) in [6.07, 6.45) is 11.4. The van der Waals surface area contributed by atoms with E-state index < -0.39 is 10.0 Å². The summed E-state index contributed by atoms with van der Waals surface area (Å²) in [6, 6.07) is 0.528. The Labute approximate surface area is 229 Å². The molecule has 4 heterocycles. The van der Waals surface area contributed by atoms with Gasteiger partial charge in [-0.15, -0.1) is 0 Å². The largest absolute Gasteiger partial charge is 0.354 e. The molecule has 5 rings (SSSR count). The van der Waals surface area contributed by atoms with Gasteiger partial charge in [-0.05, 0) is 83.0 Å². The molecule has 4 atom stereocenters. The first kappa shape index (κ1) is 28.3. The van der Waals surface area contributed by atoms with Crippen LogP contribution in [0.4, 0.5) is 0 Å². The Bertz CT molecular complexity index is 937. The first-order valence-electron chi connectivity index (χ1n) is 15.3. The van der Waals surface area contributed by atoms with Crippen molar-refractivity contribution in [2.24, 2.45) is 17.8 Å². The molecule has 4 saturated heterocycles. The highest BCUT2D eigenvalue weighted by atomic mass is 32.2.